The van der Waals surface area contributed by atoms with Crippen LogP contribution in [0.15, 0.2) is 63.5 Å². The van der Waals surface area contributed by atoms with E-state index in [4.69, 9.17) is 19.2 Å². The Morgan fingerprint density at radius 1 is 1.02 bits per heavy atom. The van der Waals surface area contributed by atoms with Crippen LogP contribution in [-0.2, 0) is 4.79 Å². The number of Topliss-reactive ketones (excluding diaryl/α,β-unsaturated/α-hetero) is 1. The van der Waals surface area contributed by atoms with Crippen LogP contribution in [0.1, 0.15) is 48.8 Å². The van der Waals surface area contributed by atoms with E-state index < -0.39 is 6.04 Å². The summed E-state index contributed by atoms with van der Waals surface area (Å²) >= 11 is 1.27. The third-order valence-electron chi connectivity index (χ3n) is 7.49. The molecule has 8 nitrogen and oxygen atoms in total. The van der Waals surface area contributed by atoms with Crippen molar-refractivity contribution < 1.29 is 23.4 Å². The van der Waals surface area contributed by atoms with Crippen molar-refractivity contribution in [2.24, 2.45) is 4.99 Å². The van der Waals surface area contributed by atoms with E-state index in [-0.39, 0.29) is 23.6 Å². The normalized spacial score (nSPS) is 15.0. The lowest BCUT2D eigenvalue weighted by molar-refractivity contribution is -0.115. The zero-order chi connectivity index (χ0) is 30.3. The zero-order valence-electron chi connectivity index (χ0n) is 24.6. The first kappa shape index (κ1) is 29.1. The van der Waals surface area contributed by atoms with Gasteiger partial charge in [-0.15, -0.1) is 0 Å². The second kappa shape index (κ2) is 11.4. The Hall–Kier alpha value is -4.44. The van der Waals surface area contributed by atoms with Crippen LogP contribution in [0.3, 0.4) is 0 Å². The smallest absolute Gasteiger partial charge is 0.271 e. The Labute approximate surface area is 246 Å². The largest absolute Gasteiger partial charge is 0.493 e. The highest BCUT2D eigenvalue weighted by Crippen LogP contribution is 2.42. The van der Waals surface area contributed by atoms with E-state index in [1.165, 1.54) is 44.8 Å². The molecule has 0 aliphatic carbocycles. The number of carbonyl (C=O) groups is 1. The maximum absolute atomic E-state index is 14.1. The summed E-state index contributed by atoms with van der Waals surface area (Å²) in [5.41, 5.74) is 4.91. The molecule has 0 radical (unpaired) electrons. The molecule has 0 saturated heterocycles. The van der Waals surface area contributed by atoms with Crippen molar-refractivity contribution in [3.63, 3.8) is 0 Å². The molecule has 5 rings (SSSR count). The fraction of sp³-hybridized carbons (Fsp3) is 0.281. The number of allylic oxidation sites excluding steroid dienone is 2. The summed E-state index contributed by atoms with van der Waals surface area (Å²) in [6.45, 7) is 7.50. The number of hydrogen-bond donors (Lipinski definition) is 0. The zero-order valence-corrected chi connectivity index (χ0v) is 25.4. The fourth-order valence-corrected chi connectivity index (χ4v) is 6.54. The molecule has 1 aliphatic rings. The minimum absolute atomic E-state index is 0.105. The van der Waals surface area contributed by atoms with Gasteiger partial charge in [0.2, 0.25) is 5.75 Å². The van der Waals surface area contributed by atoms with E-state index in [1.54, 1.807) is 42.7 Å². The molecule has 0 saturated carbocycles. The molecule has 3 heterocycles. The van der Waals surface area contributed by atoms with Crippen molar-refractivity contribution >= 4 is 23.2 Å². The number of aryl methyl sites for hydroxylation is 1. The number of methoxy groups -OCH3 is 3. The summed E-state index contributed by atoms with van der Waals surface area (Å²) < 4.78 is 34.3. The number of aromatic nitrogens is 2. The van der Waals surface area contributed by atoms with Crippen LogP contribution in [0.4, 0.5) is 4.39 Å². The van der Waals surface area contributed by atoms with Gasteiger partial charge in [-0.2, -0.15) is 0 Å². The van der Waals surface area contributed by atoms with Gasteiger partial charge in [0, 0.05) is 34.8 Å². The molecule has 2 aromatic heterocycles. The number of ether oxygens (including phenoxy) is 3. The van der Waals surface area contributed by atoms with Gasteiger partial charge in [-0.05, 0) is 80.4 Å². The van der Waals surface area contributed by atoms with E-state index in [1.807, 2.05) is 30.6 Å². The van der Waals surface area contributed by atoms with Crippen molar-refractivity contribution in [3.8, 4) is 22.9 Å². The second-order valence-electron chi connectivity index (χ2n) is 9.96. The van der Waals surface area contributed by atoms with Crippen molar-refractivity contribution in [1.82, 2.24) is 9.13 Å². The molecule has 10 heteroatoms. The van der Waals surface area contributed by atoms with Crippen LogP contribution < -0.4 is 29.1 Å². The van der Waals surface area contributed by atoms with E-state index in [9.17, 15) is 14.0 Å². The third kappa shape index (κ3) is 4.85. The Kier molecular flexibility index (Phi) is 7.92. The minimum atomic E-state index is -0.740. The molecular weight excluding hydrogens is 557 g/mol. The highest BCUT2D eigenvalue weighted by atomic mass is 32.1. The van der Waals surface area contributed by atoms with Gasteiger partial charge < -0.3 is 18.8 Å². The maximum atomic E-state index is 14.1. The average Bonchev–Trinajstić information content (AvgIpc) is 3.44. The first-order chi connectivity index (χ1) is 20.1. The van der Waals surface area contributed by atoms with E-state index in [0.29, 0.717) is 43.4 Å². The number of fused-ring (bicyclic) bond motifs is 1. The third-order valence-corrected chi connectivity index (χ3v) is 8.47. The van der Waals surface area contributed by atoms with Crippen LogP contribution in [0.25, 0.3) is 11.8 Å². The van der Waals surface area contributed by atoms with Gasteiger partial charge in [0.05, 0.1) is 31.9 Å². The van der Waals surface area contributed by atoms with Crippen LogP contribution in [0.5, 0.6) is 17.2 Å². The Morgan fingerprint density at radius 2 is 1.67 bits per heavy atom. The summed E-state index contributed by atoms with van der Waals surface area (Å²) in [5, 5.41) is 0. The maximum Gasteiger partial charge on any atom is 0.271 e. The van der Waals surface area contributed by atoms with E-state index in [2.05, 4.69) is 0 Å². The van der Waals surface area contributed by atoms with Crippen LogP contribution in [0, 0.1) is 19.7 Å². The molecule has 2 aromatic carbocycles. The summed E-state index contributed by atoms with van der Waals surface area (Å²) in [4.78, 5) is 32.6. The lowest BCUT2D eigenvalue weighted by Crippen LogP contribution is -2.39. The Bertz CT molecular complexity index is 1890. The lowest BCUT2D eigenvalue weighted by Gasteiger charge is -2.26. The van der Waals surface area contributed by atoms with Gasteiger partial charge in [-0.3, -0.25) is 14.2 Å². The monoisotopic (exact) mass is 589 g/mol. The van der Waals surface area contributed by atoms with Gasteiger partial charge in [-0.25, -0.2) is 9.38 Å². The average molecular weight is 590 g/mol. The molecule has 0 N–H and O–H groups in total. The molecule has 218 valence electrons. The van der Waals surface area contributed by atoms with Gasteiger partial charge >= 0.3 is 0 Å². The summed E-state index contributed by atoms with van der Waals surface area (Å²) in [5.74, 6) is 0.838. The van der Waals surface area contributed by atoms with Gasteiger partial charge in [0.15, 0.2) is 22.1 Å². The van der Waals surface area contributed by atoms with Crippen LogP contribution in [-0.4, -0.2) is 36.2 Å². The van der Waals surface area contributed by atoms with Gasteiger partial charge in [0.25, 0.3) is 5.56 Å². The topological polar surface area (TPSA) is 84.1 Å². The number of nitrogens with zero attached hydrogens (tertiary/aromatic N) is 3. The van der Waals surface area contributed by atoms with Gasteiger partial charge in [0.1, 0.15) is 5.82 Å². The number of halogens is 1. The minimum Gasteiger partial charge on any atom is -0.493 e. The molecule has 0 amide bonds. The first-order valence-corrected chi connectivity index (χ1v) is 14.3. The molecule has 0 bridgehead atoms. The molecule has 4 aromatic rings. The van der Waals surface area contributed by atoms with Crippen molar-refractivity contribution in [2.45, 2.75) is 40.2 Å². The number of rotatable bonds is 8. The molecule has 1 atom stereocenters. The van der Waals surface area contributed by atoms with E-state index in [0.717, 1.165) is 22.6 Å². The highest BCUT2D eigenvalue weighted by molar-refractivity contribution is 7.07. The van der Waals surface area contributed by atoms with Crippen LogP contribution >= 0.6 is 11.3 Å². The Balaban J connectivity index is 1.73. The second-order valence-corrected chi connectivity index (χ2v) is 11.0. The lowest BCUT2D eigenvalue weighted by atomic mass is 9.91. The number of thiazole rings is 1. The number of hydrogen-bond acceptors (Lipinski definition) is 7. The Morgan fingerprint density at radius 3 is 2.24 bits per heavy atom. The predicted molar refractivity (Wildman–Crippen MR) is 160 cm³/mol. The van der Waals surface area contributed by atoms with E-state index >= 15 is 0 Å². The molecule has 1 unspecified atom stereocenters. The highest BCUT2D eigenvalue weighted by Gasteiger charge is 2.33. The van der Waals surface area contributed by atoms with Crippen molar-refractivity contribution in [3.05, 3.63) is 102 Å². The molecular formula is C32H32FN3O5S. The molecule has 1 aliphatic heterocycles. The summed E-state index contributed by atoms with van der Waals surface area (Å²) in [7, 11) is 4.56. The predicted octanol–water partition coefficient (Wildman–Crippen LogP) is 4.79. The number of carbonyl (C=O) groups excluding carboxylic acids is 1. The quantitative estimate of drug-likeness (QED) is 0.295. The molecule has 0 spiro atoms. The SMILES string of the molecule is CCC(=O)C1=C(C)N=c2s/c(=C/c3cc(C)n(-c4ccc(F)cc4)c3C)c(=O)n2C1c1cc(OC)c(OC)c(OC)c1. The van der Waals surface area contributed by atoms with Crippen molar-refractivity contribution in [2.75, 3.05) is 21.3 Å². The first-order valence-electron chi connectivity index (χ1n) is 13.4. The standard InChI is InChI=1S/C32H32FN3O5S/c1-8-24(37)28-18(3)34-32-36(29(28)21-14-25(39-5)30(41-7)26(15-21)40-6)31(38)27(42-32)16-20-13-17(2)35(19(20)4)23-11-9-22(33)10-12-23/h9-16,29H,8H2,1-7H3/b27-16+. The number of ketones is 1. The summed E-state index contributed by atoms with van der Waals surface area (Å²) in [6.07, 6.45) is 2.10. The molecule has 0 fully saturated rings. The van der Waals surface area contributed by atoms with Crippen LogP contribution in [0.2, 0.25) is 0 Å². The molecule has 42 heavy (non-hydrogen) atoms. The summed E-state index contributed by atoms with van der Waals surface area (Å²) in [6, 6.07) is 11.1. The van der Waals surface area contributed by atoms with Gasteiger partial charge in [-0.1, -0.05) is 18.3 Å². The van der Waals surface area contributed by atoms with Crippen molar-refractivity contribution in [1.29, 1.82) is 0 Å². The fourth-order valence-electron chi connectivity index (χ4n) is 5.51. The number of benzene rings is 2.